The van der Waals surface area contributed by atoms with Crippen LogP contribution < -0.4 is 14.2 Å². The normalized spacial score (nSPS) is 23.5. The molecule has 6 heteroatoms. The molecule has 1 N–H and O–H groups in total. The van der Waals surface area contributed by atoms with Crippen molar-refractivity contribution in [2.24, 2.45) is 0 Å². The SMILES string of the molecule is COc1cc2c(cc1OC)C[N+]1([O-])CCc3ccc(OC)c(O)c3[C@@H]1C2. The Morgan fingerprint density at radius 2 is 1.62 bits per heavy atom. The maximum atomic E-state index is 13.6. The van der Waals surface area contributed by atoms with E-state index < -0.39 is 0 Å². The van der Waals surface area contributed by atoms with Crippen LogP contribution in [-0.2, 0) is 19.4 Å². The topological polar surface area (TPSA) is 71.0 Å². The molecule has 2 heterocycles. The number of methoxy groups -OCH3 is 3. The van der Waals surface area contributed by atoms with E-state index in [9.17, 15) is 10.3 Å². The van der Waals surface area contributed by atoms with E-state index in [1.165, 1.54) is 7.11 Å². The van der Waals surface area contributed by atoms with E-state index >= 15 is 0 Å². The molecule has 0 amide bonds. The minimum atomic E-state index is -0.365. The third-order valence-electron chi connectivity index (χ3n) is 5.71. The zero-order valence-corrected chi connectivity index (χ0v) is 15.2. The average Bonchev–Trinajstić information content (AvgIpc) is 2.65. The van der Waals surface area contributed by atoms with Crippen molar-refractivity contribution in [3.63, 3.8) is 0 Å². The second-order valence-electron chi connectivity index (χ2n) is 6.97. The number of benzene rings is 2. The first kappa shape index (κ1) is 17.0. The fourth-order valence-corrected chi connectivity index (χ4v) is 4.34. The lowest BCUT2D eigenvalue weighted by Gasteiger charge is -2.54. The minimum Gasteiger partial charge on any atom is -0.632 e. The zero-order chi connectivity index (χ0) is 18.5. The summed E-state index contributed by atoms with van der Waals surface area (Å²) in [6.45, 7) is 0.855. The monoisotopic (exact) mass is 357 g/mol. The molecule has 0 saturated carbocycles. The van der Waals surface area contributed by atoms with Gasteiger partial charge >= 0.3 is 0 Å². The Labute approximate surface area is 152 Å². The summed E-state index contributed by atoms with van der Waals surface area (Å²) in [5, 5.41) is 24.3. The molecular weight excluding hydrogens is 334 g/mol. The molecule has 0 spiro atoms. The first-order valence-electron chi connectivity index (χ1n) is 8.71. The van der Waals surface area contributed by atoms with Gasteiger partial charge in [0.1, 0.15) is 12.6 Å². The summed E-state index contributed by atoms with van der Waals surface area (Å²) in [6.07, 6.45) is 1.20. The quantitative estimate of drug-likeness (QED) is 0.675. The van der Waals surface area contributed by atoms with Crippen LogP contribution in [0.2, 0.25) is 0 Å². The van der Waals surface area contributed by atoms with Crippen molar-refractivity contribution in [2.75, 3.05) is 27.9 Å². The number of rotatable bonds is 3. The third-order valence-corrected chi connectivity index (χ3v) is 5.71. The Kier molecular flexibility index (Phi) is 3.97. The van der Waals surface area contributed by atoms with Crippen LogP contribution in [0, 0.1) is 5.21 Å². The maximum absolute atomic E-state index is 13.6. The largest absolute Gasteiger partial charge is 0.632 e. The van der Waals surface area contributed by atoms with Crippen LogP contribution in [0.4, 0.5) is 0 Å². The second-order valence-corrected chi connectivity index (χ2v) is 6.97. The number of fused-ring (bicyclic) bond motifs is 4. The van der Waals surface area contributed by atoms with Crippen molar-refractivity contribution >= 4 is 0 Å². The lowest BCUT2D eigenvalue weighted by molar-refractivity contribution is -0.928. The highest BCUT2D eigenvalue weighted by atomic mass is 16.5. The lowest BCUT2D eigenvalue weighted by Crippen LogP contribution is -2.52. The first-order valence-corrected chi connectivity index (χ1v) is 8.71. The fraction of sp³-hybridized carbons (Fsp3) is 0.400. The van der Waals surface area contributed by atoms with Crippen LogP contribution in [0.5, 0.6) is 23.0 Å². The molecule has 0 aliphatic carbocycles. The number of quaternary nitrogens is 1. The van der Waals surface area contributed by atoms with Crippen molar-refractivity contribution in [3.8, 4) is 23.0 Å². The van der Waals surface area contributed by atoms with Crippen LogP contribution in [0.25, 0.3) is 0 Å². The van der Waals surface area contributed by atoms with Crippen molar-refractivity contribution in [2.45, 2.75) is 25.4 Å². The number of phenolic OH excluding ortho intramolecular Hbond substituents is 1. The minimum absolute atomic E-state index is 0.0944. The van der Waals surface area contributed by atoms with Crippen LogP contribution in [-0.4, -0.2) is 37.6 Å². The summed E-state index contributed by atoms with van der Waals surface area (Å²) in [4.78, 5) is 0. The predicted octanol–water partition coefficient (Wildman–Crippen LogP) is 3.09. The number of hydrogen-bond acceptors (Lipinski definition) is 5. The van der Waals surface area contributed by atoms with E-state index in [1.807, 2.05) is 18.2 Å². The van der Waals surface area contributed by atoms with Gasteiger partial charge in [-0.05, 0) is 29.3 Å². The van der Waals surface area contributed by atoms with Crippen LogP contribution in [0.15, 0.2) is 24.3 Å². The molecule has 0 aromatic heterocycles. The molecule has 0 saturated heterocycles. The average molecular weight is 357 g/mol. The van der Waals surface area contributed by atoms with Gasteiger partial charge in [0.15, 0.2) is 23.0 Å². The molecule has 2 aromatic rings. The summed E-state index contributed by atoms with van der Waals surface area (Å²) in [5.41, 5.74) is 3.81. The molecular formula is C20H23NO5. The third kappa shape index (κ3) is 2.40. The van der Waals surface area contributed by atoms with Gasteiger partial charge in [-0.15, -0.1) is 0 Å². The Morgan fingerprint density at radius 3 is 2.27 bits per heavy atom. The van der Waals surface area contributed by atoms with Gasteiger partial charge in [0, 0.05) is 18.4 Å². The molecule has 6 nitrogen and oxygen atoms in total. The van der Waals surface area contributed by atoms with Gasteiger partial charge < -0.3 is 29.2 Å². The molecule has 138 valence electrons. The highest BCUT2D eigenvalue weighted by molar-refractivity contribution is 5.54. The molecule has 0 radical (unpaired) electrons. The molecule has 2 aromatic carbocycles. The van der Waals surface area contributed by atoms with Crippen molar-refractivity contribution in [1.82, 2.24) is 0 Å². The van der Waals surface area contributed by atoms with Crippen molar-refractivity contribution in [3.05, 3.63) is 51.7 Å². The Morgan fingerprint density at radius 1 is 0.962 bits per heavy atom. The van der Waals surface area contributed by atoms with Crippen molar-refractivity contribution in [1.29, 1.82) is 0 Å². The van der Waals surface area contributed by atoms with Gasteiger partial charge in [-0.3, -0.25) is 0 Å². The van der Waals surface area contributed by atoms with E-state index in [0.717, 1.165) is 22.3 Å². The number of ether oxygens (including phenoxy) is 3. The van der Waals surface area contributed by atoms with Crippen LogP contribution >= 0.6 is 0 Å². The summed E-state index contributed by atoms with van der Waals surface area (Å²) >= 11 is 0. The number of hydroxylamine groups is 3. The van der Waals surface area contributed by atoms with Crippen LogP contribution in [0.3, 0.4) is 0 Å². The standard InChI is InChI=1S/C20H23NO5/c1-24-16-5-4-12-6-7-21(23)11-14-10-18(26-3)17(25-2)9-13(14)8-15(21)19(12)20(16)22/h4-5,9-10,15,22H,6-8,11H2,1-3H3/t15-,21?/m0/s1. The second kappa shape index (κ2) is 6.07. The maximum Gasteiger partial charge on any atom is 0.167 e. The van der Waals surface area contributed by atoms with Gasteiger partial charge in [0.25, 0.3) is 0 Å². The number of nitrogens with zero attached hydrogens (tertiary/aromatic N) is 1. The number of phenols is 1. The van der Waals surface area contributed by atoms with E-state index in [4.69, 9.17) is 14.2 Å². The van der Waals surface area contributed by atoms with Gasteiger partial charge in [0.2, 0.25) is 0 Å². The summed E-state index contributed by atoms with van der Waals surface area (Å²) < 4.78 is 15.7. The van der Waals surface area contributed by atoms with Gasteiger partial charge in [0.05, 0.1) is 33.4 Å². The van der Waals surface area contributed by atoms with Gasteiger partial charge in [-0.2, -0.15) is 0 Å². The first-order chi connectivity index (χ1) is 12.5. The zero-order valence-electron chi connectivity index (χ0n) is 15.2. The van der Waals surface area contributed by atoms with Crippen LogP contribution in [0.1, 0.15) is 28.3 Å². The molecule has 2 atom stereocenters. The van der Waals surface area contributed by atoms with E-state index in [-0.39, 0.29) is 16.4 Å². The molecule has 4 rings (SSSR count). The van der Waals surface area contributed by atoms with E-state index in [1.54, 1.807) is 20.3 Å². The molecule has 26 heavy (non-hydrogen) atoms. The van der Waals surface area contributed by atoms with Gasteiger partial charge in [-0.25, -0.2) is 0 Å². The highest BCUT2D eigenvalue weighted by Crippen LogP contribution is 2.50. The Bertz CT molecular complexity index is 866. The summed E-state index contributed by atoms with van der Waals surface area (Å²) in [7, 11) is 4.73. The molecule has 2 aliphatic heterocycles. The predicted molar refractivity (Wildman–Crippen MR) is 96.6 cm³/mol. The van der Waals surface area contributed by atoms with Crippen molar-refractivity contribution < 1.29 is 24.0 Å². The highest BCUT2D eigenvalue weighted by Gasteiger charge is 2.43. The summed E-state index contributed by atoms with van der Waals surface area (Å²) in [5.74, 6) is 1.80. The smallest absolute Gasteiger partial charge is 0.167 e. The number of hydrogen-bond donors (Lipinski definition) is 1. The molecule has 0 bridgehead atoms. The molecule has 2 aliphatic rings. The summed E-state index contributed by atoms with van der Waals surface area (Å²) in [6, 6.07) is 7.23. The van der Waals surface area contributed by atoms with Gasteiger partial charge in [-0.1, -0.05) is 6.07 Å². The lowest BCUT2D eigenvalue weighted by atomic mass is 9.82. The van der Waals surface area contributed by atoms with E-state index in [2.05, 4.69) is 0 Å². The number of aromatic hydroxyl groups is 1. The van der Waals surface area contributed by atoms with E-state index in [0.29, 0.717) is 43.2 Å². The molecule has 1 unspecified atom stereocenters. The fourth-order valence-electron chi connectivity index (χ4n) is 4.34. The molecule has 0 fully saturated rings. The Balaban J connectivity index is 1.84. The Hall–Kier alpha value is -2.44.